The lowest BCUT2D eigenvalue weighted by Crippen LogP contribution is -1.89. The van der Waals surface area contributed by atoms with Gasteiger partial charge in [-0.3, -0.25) is 4.40 Å². The summed E-state index contributed by atoms with van der Waals surface area (Å²) in [7, 11) is 0. The number of nitriles is 1. The van der Waals surface area contributed by atoms with Gasteiger partial charge in [0.05, 0.1) is 17.9 Å². The zero-order chi connectivity index (χ0) is 11.8. The molecule has 5 nitrogen and oxygen atoms in total. The van der Waals surface area contributed by atoms with E-state index in [4.69, 9.17) is 9.68 Å². The van der Waals surface area contributed by atoms with Crippen molar-refractivity contribution < 1.29 is 4.42 Å². The maximum Gasteiger partial charge on any atom is 0.204 e. The fraction of sp³-hybridized carbons (Fsp3) is 0.0833. The van der Waals surface area contributed by atoms with Gasteiger partial charge in [-0.25, -0.2) is 0 Å². The molecule has 0 radical (unpaired) electrons. The minimum absolute atomic E-state index is 0.563. The van der Waals surface area contributed by atoms with E-state index in [-0.39, 0.29) is 0 Å². The Morgan fingerprint density at radius 3 is 2.94 bits per heavy atom. The van der Waals surface area contributed by atoms with E-state index < -0.39 is 0 Å². The normalized spacial score (nSPS) is 10.6. The summed E-state index contributed by atoms with van der Waals surface area (Å²) < 4.78 is 7.18. The van der Waals surface area contributed by atoms with Crippen molar-refractivity contribution in [1.82, 2.24) is 14.6 Å². The van der Waals surface area contributed by atoms with E-state index in [1.807, 2.05) is 13.0 Å². The summed E-state index contributed by atoms with van der Waals surface area (Å²) in [4.78, 5) is 0. The number of fused-ring (bicyclic) bond motifs is 1. The van der Waals surface area contributed by atoms with Crippen LogP contribution in [0.2, 0.25) is 0 Å². The summed E-state index contributed by atoms with van der Waals surface area (Å²) in [6.07, 6.45) is 3.39. The van der Waals surface area contributed by atoms with Crippen LogP contribution in [-0.4, -0.2) is 14.6 Å². The number of hydrogen-bond donors (Lipinski definition) is 0. The highest BCUT2D eigenvalue weighted by Crippen LogP contribution is 2.23. The number of rotatable bonds is 1. The Balaban J connectivity index is 2.27. The van der Waals surface area contributed by atoms with Gasteiger partial charge < -0.3 is 4.42 Å². The van der Waals surface area contributed by atoms with Gasteiger partial charge in [-0.15, -0.1) is 10.2 Å². The van der Waals surface area contributed by atoms with E-state index in [0.717, 1.165) is 5.56 Å². The summed E-state index contributed by atoms with van der Waals surface area (Å²) in [6, 6.07) is 7.35. The van der Waals surface area contributed by atoms with E-state index in [0.29, 0.717) is 22.8 Å². The fourth-order valence-corrected chi connectivity index (χ4v) is 1.72. The average molecular weight is 224 g/mol. The smallest absolute Gasteiger partial charge is 0.204 e. The van der Waals surface area contributed by atoms with Crippen molar-refractivity contribution >= 4 is 5.65 Å². The molecule has 3 aromatic rings. The molecule has 5 heteroatoms. The van der Waals surface area contributed by atoms with Crippen LogP contribution in [0.1, 0.15) is 11.1 Å². The van der Waals surface area contributed by atoms with Gasteiger partial charge in [-0.1, -0.05) is 0 Å². The van der Waals surface area contributed by atoms with Crippen LogP contribution in [0.3, 0.4) is 0 Å². The first kappa shape index (κ1) is 9.60. The Morgan fingerprint density at radius 1 is 1.35 bits per heavy atom. The van der Waals surface area contributed by atoms with Gasteiger partial charge in [-0.05, 0) is 24.6 Å². The molecule has 0 unspecified atom stereocenters. The van der Waals surface area contributed by atoms with Crippen LogP contribution in [-0.2, 0) is 0 Å². The van der Waals surface area contributed by atoms with E-state index in [2.05, 4.69) is 16.3 Å². The van der Waals surface area contributed by atoms with Crippen LogP contribution in [0.5, 0.6) is 0 Å². The monoisotopic (exact) mass is 224 g/mol. The standard InChI is InChI=1S/C12H8N4O/c1-8-3-5-17-11(8)12-15-14-10-6-9(7-13)2-4-16(10)12/h2-6H,1H3. The molecule has 82 valence electrons. The van der Waals surface area contributed by atoms with Crippen LogP contribution in [0.25, 0.3) is 17.2 Å². The topological polar surface area (TPSA) is 67.1 Å². The van der Waals surface area contributed by atoms with Crippen LogP contribution in [0.4, 0.5) is 0 Å². The Bertz CT molecular complexity index is 732. The second-order valence-corrected chi connectivity index (χ2v) is 3.71. The third-order valence-electron chi connectivity index (χ3n) is 2.60. The first-order valence-electron chi connectivity index (χ1n) is 5.09. The lowest BCUT2D eigenvalue weighted by Gasteiger charge is -1.97. The van der Waals surface area contributed by atoms with Gasteiger partial charge in [0.25, 0.3) is 0 Å². The highest BCUT2D eigenvalue weighted by Gasteiger charge is 2.13. The Hall–Kier alpha value is -2.61. The van der Waals surface area contributed by atoms with Crippen molar-refractivity contribution in [1.29, 1.82) is 5.26 Å². The molecule has 0 spiro atoms. The van der Waals surface area contributed by atoms with Gasteiger partial charge in [0.15, 0.2) is 11.4 Å². The summed E-state index contributed by atoms with van der Waals surface area (Å²) in [5, 5.41) is 16.9. The van der Waals surface area contributed by atoms with E-state index in [1.165, 1.54) is 0 Å². The van der Waals surface area contributed by atoms with Crippen LogP contribution < -0.4 is 0 Å². The molecule has 0 fully saturated rings. The molecule has 0 aliphatic carbocycles. The summed E-state index contributed by atoms with van der Waals surface area (Å²) in [6.45, 7) is 1.95. The highest BCUT2D eigenvalue weighted by molar-refractivity contribution is 5.58. The first-order chi connectivity index (χ1) is 8.29. The van der Waals surface area contributed by atoms with E-state index in [1.54, 1.807) is 29.0 Å². The van der Waals surface area contributed by atoms with Crippen molar-refractivity contribution in [3.05, 3.63) is 41.8 Å². The number of pyridine rings is 1. The lowest BCUT2D eigenvalue weighted by molar-refractivity contribution is 0.575. The molecule has 0 N–H and O–H groups in total. The molecule has 0 aliphatic rings. The molecule has 3 aromatic heterocycles. The maximum atomic E-state index is 8.81. The fourth-order valence-electron chi connectivity index (χ4n) is 1.72. The number of furan rings is 1. The summed E-state index contributed by atoms with van der Waals surface area (Å²) >= 11 is 0. The zero-order valence-corrected chi connectivity index (χ0v) is 9.08. The number of aromatic nitrogens is 3. The molecule has 0 aliphatic heterocycles. The minimum Gasteiger partial charge on any atom is -0.461 e. The molecule has 17 heavy (non-hydrogen) atoms. The largest absolute Gasteiger partial charge is 0.461 e. The van der Waals surface area contributed by atoms with E-state index >= 15 is 0 Å². The van der Waals surface area contributed by atoms with Crippen molar-refractivity contribution in [3.63, 3.8) is 0 Å². The third kappa shape index (κ3) is 1.39. The molecular formula is C12H8N4O. The predicted molar refractivity (Wildman–Crippen MR) is 60.1 cm³/mol. The lowest BCUT2D eigenvalue weighted by atomic mass is 10.2. The first-order valence-corrected chi connectivity index (χ1v) is 5.09. The Labute approximate surface area is 96.9 Å². The van der Waals surface area contributed by atoms with Gasteiger partial charge in [0.1, 0.15) is 0 Å². The average Bonchev–Trinajstić information content (AvgIpc) is 2.94. The number of hydrogen-bond acceptors (Lipinski definition) is 4. The quantitative estimate of drug-likeness (QED) is 0.635. The molecule has 0 aromatic carbocycles. The Morgan fingerprint density at radius 2 is 2.24 bits per heavy atom. The molecule has 0 amide bonds. The molecule has 3 rings (SSSR count). The molecule has 0 saturated heterocycles. The third-order valence-corrected chi connectivity index (χ3v) is 2.60. The van der Waals surface area contributed by atoms with Gasteiger partial charge in [0, 0.05) is 12.3 Å². The highest BCUT2D eigenvalue weighted by atomic mass is 16.3. The summed E-state index contributed by atoms with van der Waals surface area (Å²) in [5.74, 6) is 1.34. The second kappa shape index (κ2) is 3.46. The van der Waals surface area contributed by atoms with Crippen molar-refractivity contribution in [2.45, 2.75) is 6.92 Å². The van der Waals surface area contributed by atoms with Crippen LogP contribution in [0.15, 0.2) is 35.1 Å². The number of nitrogens with zero attached hydrogens (tertiary/aromatic N) is 4. The maximum absolute atomic E-state index is 8.81. The summed E-state index contributed by atoms with van der Waals surface area (Å²) in [5.41, 5.74) is 2.20. The van der Waals surface area contributed by atoms with Crippen molar-refractivity contribution in [2.75, 3.05) is 0 Å². The van der Waals surface area contributed by atoms with E-state index in [9.17, 15) is 0 Å². The molecule has 0 atom stereocenters. The van der Waals surface area contributed by atoms with Crippen molar-refractivity contribution in [2.24, 2.45) is 0 Å². The minimum atomic E-state index is 0.563. The van der Waals surface area contributed by atoms with Gasteiger partial charge in [-0.2, -0.15) is 5.26 Å². The molecular weight excluding hydrogens is 216 g/mol. The van der Waals surface area contributed by atoms with Gasteiger partial charge >= 0.3 is 0 Å². The van der Waals surface area contributed by atoms with Crippen molar-refractivity contribution in [3.8, 4) is 17.7 Å². The zero-order valence-electron chi connectivity index (χ0n) is 9.08. The predicted octanol–water partition coefficient (Wildman–Crippen LogP) is 2.17. The SMILES string of the molecule is Cc1ccoc1-c1nnc2cc(C#N)ccn12. The molecule has 0 saturated carbocycles. The van der Waals surface area contributed by atoms with Gasteiger partial charge in [0.2, 0.25) is 5.82 Å². The van der Waals surface area contributed by atoms with Crippen LogP contribution >= 0.6 is 0 Å². The Kier molecular flexibility index (Phi) is 1.95. The molecule has 3 heterocycles. The van der Waals surface area contributed by atoms with Crippen LogP contribution in [0, 0.1) is 18.3 Å². The second-order valence-electron chi connectivity index (χ2n) is 3.71. The molecule has 0 bridgehead atoms. The number of aryl methyl sites for hydroxylation is 1.